The molecule has 4 nitrogen and oxygen atoms in total. The number of nitrogens with zero attached hydrogens (tertiary/aromatic N) is 1. The maximum Gasteiger partial charge on any atom is 0.313 e. The molecule has 0 atom stereocenters. The lowest BCUT2D eigenvalue weighted by molar-refractivity contribution is -0.143. The molecule has 1 aliphatic rings. The van der Waals surface area contributed by atoms with Crippen LogP contribution in [0.1, 0.15) is 16.7 Å². The second-order valence-corrected chi connectivity index (χ2v) is 6.57. The Balaban J connectivity index is 1.70. The fourth-order valence-corrected chi connectivity index (χ4v) is 3.23. The molecule has 1 heterocycles. The smallest absolute Gasteiger partial charge is 0.313 e. The average molecular weight is 373 g/mol. The number of rotatable bonds is 1. The van der Waals surface area contributed by atoms with Crippen molar-refractivity contribution < 1.29 is 9.59 Å². The fourth-order valence-electron chi connectivity index (χ4n) is 2.76. The van der Waals surface area contributed by atoms with E-state index in [4.69, 9.17) is 0 Å². The van der Waals surface area contributed by atoms with Crippen LogP contribution >= 0.6 is 15.9 Å². The molecule has 0 aliphatic carbocycles. The van der Waals surface area contributed by atoms with Gasteiger partial charge in [-0.3, -0.25) is 9.59 Å². The van der Waals surface area contributed by atoms with Crippen molar-refractivity contribution in [2.45, 2.75) is 19.9 Å². The number of aryl methyl sites for hydroxylation is 1. The SMILES string of the molecule is Cc1cc(Br)ccc1NC(=O)C(=O)N1CCc2ccccc2C1. The number of hydrogen-bond acceptors (Lipinski definition) is 2. The van der Waals surface area contributed by atoms with E-state index in [2.05, 4.69) is 27.3 Å². The number of amides is 2. The molecule has 5 heteroatoms. The minimum Gasteiger partial charge on any atom is -0.330 e. The van der Waals surface area contributed by atoms with E-state index in [-0.39, 0.29) is 0 Å². The van der Waals surface area contributed by atoms with E-state index in [1.807, 2.05) is 37.3 Å². The molecule has 0 saturated carbocycles. The van der Waals surface area contributed by atoms with Crippen LogP contribution in [-0.4, -0.2) is 23.3 Å². The van der Waals surface area contributed by atoms with Gasteiger partial charge in [0.15, 0.2) is 0 Å². The van der Waals surface area contributed by atoms with Crippen LogP contribution in [0.2, 0.25) is 0 Å². The molecule has 0 aromatic heterocycles. The molecule has 0 saturated heterocycles. The zero-order valence-corrected chi connectivity index (χ0v) is 14.4. The topological polar surface area (TPSA) is 49.4 Å². The highest BCUT2D eigenvalue weighted by Gasteiger charge is 2.25. The van der Waals surface area contributed by atoms with Crippen LogP contribution in [0.3, 0.4) is 0 Å². The van der Waals surface area contributed by atoms with Gasteiger partial charge in [0.1, 0.15) is 0 Å². The van der Waals surface area contributed by atoms with E-state index in [1.54, 1.807) is 11.0 Å². The molecular formula is C18H17BrN2O2. The van der Waals surface area contributed by atoms with Crippen molar-refractivity contribution in [3.8, 4) is 0 Å². The van der Waals surface area contributed by atoms with Gasteiger partial charge in [-0.1, -0.05) is 40.2 Å². The van der Waals surface area contributed by atoms with Gasteiger partial charge >= 0.3 is 11.8 Å². The molecule has 0 spiro atoms. The van der Waals surface area contributed by atoms with Crippen LogP contribution in [0.4, 0.5) is 5.69 Å². The molecule has 1 N–H and O–H groups in total. The number of carbonyl (C=O) groups excluding carboxylic acids is 2. The Bertz CT molecular complexity index is 773. The molecule has 1 aliphatic heterocycles. The van der Waals surface area contributed by atoms with Crippen molar-refractivity contribution in [3.05, 3.63) is 63.6 Å². The monoisotopic (exact) mass is 372 g/mol. The molecule has 118 valence electrons. The van der Waals surface area contributed by atoms with Crippen LogP contribution in [0.5, 0.6) is 0 Å². The van der Waals surface area contributed by atoms with Gasteiger partial charge in [0.25, 0.3) is 0 Å². The third-order valence-corrected chi connectivity index (χ3v) is 4.54. The standard InChI is InChI=1S/C18H17BrN2O2/c1-12-10-15(19)6-7-16(12)20-17(22)18(23)21-9-8-13-4-2-3-5-14(13)11-21/h2-7,10H,8-9,11H2,1H3,(H,20,22). The van der Waals surface area contributed by atoms with Gasteiger partial charge in [-0.25, -0.2) is 0 Å². The summed E-state index contributed by atoms with van der Waals surface area (Å²) >= 11 is 3.38. The van der Waals surface area contributed by atoms with E-state index in [0.717, 1.165) is 22.0 Å². The Kier molecular flexibility index (Phi) is 4.48. The first-order chi connectivity index (χ1) is 11.0. The van der Waals surface area contributed by atoms with Gasteiger partial charge in [0, 0.05) is 23.2 Å². The second kappa shape index (κ2) is 6.54. The van der Waals surface area contributed by atoms with E-state index in [1.165, 1.54) is 5.56 Å². The Morgan fingerprint density at radius 1 is 1.13 bits per heavy atom. The maximum absolute atomic E-state index is 12.4. The lowest BCUT2D eigenvalue weighted by atomic mass is 10.00. The van der Waals surface area contributed by atoms with E-state index in [9.17, 15) is 9.59 Å². The Morgan fingerprint density at radius 3 is 2.61 bits per heavy atom. The summed E-state index contributed by atoms with van der Waals surface area (Å²) in [4.78, 5) is 26.2. The first-order valence-electron chi connectivity index (χ1n) is 7.48. The Labute approximate surface area is 143 Å². The molecule has 0 unspecified atom stereocenters. The summed E-state index contributed by atoms with van der Waals surface area (Å²) in [6, 6.07) is 13.6. The van der Waals surface area contributed by atoms with Crippen LogP contribution in [0.25, 0.3) is 0 Å². The molecule has 0 fully saturated rings. The molecular weight excluding hydrogens is 356 g/mol. The summed E-state index contributed by atoms with van der Waals surface area (Å²) in [6.07, 6.45) is 0.784. The minimum absolute atomic E-state index is 0.484. The molecule has 0 radical (unpaired) electrons. The van der Waals surface area contributed by atoms with E-state index in [0.29, 0.717) is 18.8 Å². The Morgan fingerprint density at radius 2 is 1.87 bits per heavy atom. The third-order valence-electron chi connectivity index (χ3n) is 4.05. The lowest BCUT2D eigenvalue weighted by Gasteiger charge is -2.28. The van der Waals surface area contributed by atoms with Crippen molar-refractivity contribution in [3.63, 3.8) is 0 Å². The first-order valence-corrected chi connectivity index (χ1v) is 8.27. The summed E-state index contributed by atoms with van der Waals surface area (Å²) in [5.41, 5.74) is 3.92. The average Bonchev–Trinajstić information content (AvgIpc) is 2.56. The number of fused-ring (bicyclic) bond motifs is 1. The van der Waals surface area contributed by atoms with Gasteiger partial charge in [0.05, 0.1) is 0 Å². The number of halogens is 1. The van der Waals surface area contributed by atoms with Crippen molar-refractivity contribution in [2.75, 3.05) is 11.9 Å². The molecule has 0 bridgehead atoms. The van der Waals surface area contributed by atoms with Gasteiger partial charge in [0.2, 0.25) is 0 Å². The largest absolute Gasteiger partial charge is 0.330 e. The summed E-state index contributed by atoms with van der Waals surface area (Å²) in [6.45, 7) is 2.95. The highest BCUT2D eigenvalue weighted by Crippen LogP contribution is 2.21. The molecule has 2 amide bonds. The predicted octanol–water partition coefficient (Wildman–Crippen LogP) is 3.28. The van der Waals surface area contributed by atoms with Crippen LogP contribution in [0.15, 0.2) is 46.9 Å². The Hall–Kier alpha value is -2.14. The van der Waals surface area contributed by atoms with Crippen molar-refractivity contribution in [2.24, 2.45) is 0 Å². The van der Waals surface area contributed by atoms with Crippen molar-refractivity contribution >= 4 is 33.4 Å². The summed E-state index contributed by atoms with van der Waals surface area (Å²) in [7, 11) is 0. The molecule has 2 aromatic carbocycles. The molecule has 3 rings (SSSR count). The van der Waals surface area contributed by atoms with Crippen molar-refractivity contribution in [1.82, 2.24) is 4.90 Å². The number of carbonyl (C=O) groups is 2. The van der Waals surface area contributed by atoms with Crippen LogP contribution in [0, 0.1) is 6.92 Å². The number of nitrogens with one attached hydrogen (secondary N) is 1. The third kappa shape index (κ3) is 3.45. The van der Waals surface area contributed by atoms with Crippen molar-refractivity contribution in [1.29, 1.82) is 0 Å². The zero-order chi connectivity index (χ0) is 16.4. The normalized spacial score (nSPS) is 13.4. The highest BCUT2D eigenvalue weighted by atomic mass is 79.9. The summed E-state index contributed by atoms with van der Waals surface area (Å²) < 4.78 is 0.937. The highest BCUT2D eigenvalue weighted by molar-refractivity contribution is 9.10. The quantitative estimate of drug-likeness (QED) is 0.780. The van der Waals surface area contributed by atoms with E-state index >= 15 is 0 Å². The summed E-state index contributed by atoms with van der Waals surface area (Å²) in [5, 5.41) is 2.71. The maximum atomic E-state index is 12.4. The van der Waals surface area contributed by atoms with E-state index < -0.39 is 11.8 Å². The lowest BCUT2D eigenvalue weighted by Crippen LogP contribution is -2.42. The summed E-state index contributed by atoms with van der Waals surface area (Å²) in [5.74, 6) is -1.07. The first kappa shape index (κ1) is 15.7. The molecule has 23 heavy (non-hydrogen) atoms. The van der Waals surface area contributed by atoms with Gasteiger partial charge in [-0.05, 0) is 48.2 Å². The number of benzene rings is 2. The second-order valence-electron chi connectivity index (χ2n) is 5.66. The van der Waals surface area contributed by atoms with Gasteiger partial charge in [-0.15, -0.1) is 0 Å². The minimum atomic E-state index is -0.588. The zero-order valence-electron chi connectivity index (χ0n) is 12.8. The number of anilines is 1. The predicted molar refractivity (Wildman–Crippen MR) is 93.1 cm³/mol. The van der Waals surface area contributed by atoms with Gasteiger partial charge in [-0.2, -0.15) is 0 Å². The van der Waals surface area contributed by atoms with Gasteiger partial charge < -0.3 is 10.2 Å². The van der Waals surface area contributed by atoms with Crippen LogP contribution in [-0.2, 0) is 22.6 Å². The molecule has 2 aromatic rings. The number of hydrogen-bond donors (Lipinski definition) is 1. The van der Waals surface area contributed by atoms with Crippen LogP contribution < -0.4 is 5.32 Å². The fraction of sp³-hybridized carbons (Fsp3) is 0.222.